The van der Waals surface area contributed by atoms with Gasteiger partial charge >= 0.3 is 0 Å². The van der Waals surface area contributed by atoms with E-state index < -0.39 is 0 Å². The predicted octanol–water partition coefficient (Wildman–Crippen LogP) is 3.63. The van der Waals surface area contributed by atoms with Gasteiger partial charge in [0.25, 0.3) is 5.91 Å². The molecule has 0 saturated heterocycles. The van der Waals surface area contributed by atoms with E-state index in [1.165, 1.54) is 11.1 Å². The Balaban J connectivity index is 2.12. The molecule has 0 aliphatic rings. The Kier molecular flexibility index (Phi) is 5.59. The highest BCUT2D eigenvalue weighted by atomic mass is 16.1. The van der Waals surface area contributed by atoms with Crippen molar-refractivity contribution in [3.63, 3.8) is 0 Å². The molecule has 0 aliphatic carbocycles. The van der Waals surface area contributed by atoms with Gasteiger partial charge in [-0.1, -0.05) is 43.7 Å². The van der Waals surface area contributed by atoms with Crippen LogP contribution in [0.5, 0.6) is 0 Å². The summed E-state index contributed by atoms with van der Waals surface area (Å²) >= 11 is 0. The van der Waals surface area contributed by atoms with Crippen molar-refractivity contribution >= 4 is 5.91 Å². The van der Waals surface area contributed by atoms with Gasteiger partial charge in [0.05, 0.1) is 17.8 Å². The van der Waals surface area contributed by atoms with E-state index in [0.29, 0.717) is 24.6 Å². The molecule has 0 bridgehead atoms. The minimum Gasteiger partial charge on any atom is -0.352 e. The highest BCUT2D eigenvalue weighted by Crippen LogP contribution is 2.15. The molecular formula is C19H27N3O. The second-order valence-electron chi connectivity index (χ2n) is 6.63. The van der Waals surface area contributed by atoms with Crippen LogP contribution >= 0.6 is 0 Å². The number of benzene rings is 1. The van der Waals surface area contributed by atoms with E-state index in [9.17, 15) is 4.79 Å². The summed E-state index contributed by atoms with van der Waals surface area (Å²) in [5.41, 5.74) is 4.85. The smallest absolute Gasteiger partial charge is 0.255 e. The van der Waals surface area contributed by atoms with Gasteiger partial charge in [-0.05, 0) is 38.7 Å². The van der Waals surface area contributed by atoms with Crippen LogP contribution in [-0.2, 0) is 6.54 Å². The zero-order chi connectivity index (χ0) is 17.0. The van der Waals surface area contributed by atoms with E-state index >= 15 is 0 Å². The number of aryl methyl sites for hydroxylation is 2. The first-order chi connectivity index (χ1) is 10.9. The van der Waals surface area contributed by atoms with E-state index in [1.807, 2.05) is 18.5 Å². The molecule has 1 N–H and O–H groups in total. The van der Waals surface area contributed by atoms with Crippen molar-refractivity contribution in [1.29, 1.82) is 0 Å². The molecule has 0 radical (unpaired) electrons. The predicted molar refractivity (Wildman–Crippen MR) is 93.8 cm³/mol. The first-order valence-corrected chi connectivity index (χ1v) is 8.26. The van der Waals surface area contributed by atoms with Gasteiger partial charge in [-0.3, -0.25) is 9.48 Å². The van der Waals surface area contributed by atoms with Crippen LogP contribution in [-0.4, -0.2) is 22.2 Å². The van der Waals surface area contributed by atoms with Crippen LogP contribution in [0.3, 0.4) is 0 Å². The summed E-state index contributed by atoms with van der Waals surface area (Å²) in [6, 6.07) is 8.41. The fraction of sp³-hybridized carbons (Fsp3) is 0.474. The lowest BCUT2D eigenvalue weighted by Crippen LogP contribution is -2.26. The third kappa shape index (κ3) is 4.44. The molecule has 4 heteroatoms. The number of nitrogens with zero attached hydrogens (tertiary/aromatic N) is 2. The molecule has 4 nitrogen and oxygen atoms in total. The van der Waals surface area contributed by atoms with Gasteiger partial charge in [0.2, 0.25) is 0 Å². The summed E-state index contributed by atoms with van der Waals surface area (Å²) in [6.07, 6.45) is 0.987. The van der Waals surface area contributed by atoms with Gasteiger partial charge in [0, 0.05) is 12.2 Å². The van der Waals surface area contributed by atoms with E-state index in [0.717, 1.165) is 17.8 Å². The average Bonchev–Trinajstić information content (AvgIpc) is 2.75. The molecule has 0 aliphatic heterocycles. The average molecular weight is 313 g/mol. The van der Waals surface area contributed by atoms with Gasteiger partial charge in [0.1, 0.15) is 0 Å². The van der Waals surface area contributed by atoms with E-state index in [2.05, 4.69) is 55.5 Å². The van der Waals surface area contributed by atoms with Crippen LogP contribution in [0.25, 0.3) is 0 Å². The Morgan fingerprint density at radius 2 is 1.83 bits per heavy atom. The van der Waals surface area contributed by atoms with E-state index in [-0.39, 0.29) is 5.91 Å². The second-order valence-corrected chi connectivity index (χ2v) is 6.63. The van der Waals surface area contributed by atoms with E-state index in [4.69, 9.17) is 0 Å². The fourth-order valence-electron chi connectivity index (χ4n) is 2.61. The topological polar surface area (TPSA) is 46.9 Å². The van der Waals surface area contributed by atoms with Gasteiger partial charge in [0.15, 0.2) is 0 Å². The normalized spacial score (nSPS) is 11.0. The van der Waals surface area contributed by atoms with Crippen LogP contribution < -0.4 is 5.32 Å². The number of hydrogen-bond acceptors (Lipinski definition) is 2. The molecule has 0 spiro atoms. The van der Waals surface area contributed by atoms with Crippen molar-refractivity contribution in [2.75, 3.05) is 6.54 Å². The highest BCUT2D eigenvalue weighted by Gasteiger charge is 2.18. The van der Waals surface area contributed by atoms with Crippen molar-refractivity contribution in [2.45, 2.75) is 47.6 Å². The molecule has 23 heavy (non-hydrogen) atoms. The summed E-state index contributed by atoms with van der Waals surface area (Å²) in [6.45, 7) is 11.6. The lowest BCUT2D eigenvalue weighted by atomic mass is 10.1. The maximum absolute atomic E-state index is 12.4. The first-order valence-electron chi connectivity index (χ1n) is 8.26. The van der Waals surface area contributed by atoms with Crippen LogP contribution in [0, 0.1) is 26.7 Å². The lowest BCUT2D eigenvalue weighted by Gasteiger charge is -2.08. The van der Waals surface area contributed by atoms with Gasteiger partial charge < -0.3 is 5.32 Å². The number of rotatable bonds is 6. The number of aromatic nitrogens is 2. The molecule has 0 unspecified atom stereocenters. The molecule has 1 amide bonds. The summed E-state index contributed by atoms with van der Waals surface area (Å²) in [5.74, 6) is 0.567. The first kappa shape index (κ1) is 17.3. The molecule has 0 saturated carbocycles. The number of carbonyl (C=O) groups is 1. The molecule has 0 fully saturated rings. The summed E-state index contributed by atoms with van der Waals surface area (Å²) < 4.78 is 1.91. The van der Waals surface area contributed by atoms with Crippen molar-refractivity contribution in [2.24, 2.45) is 5.92 Å². The summed E-state index contributed by atoms with van der Waals surface area (Å²) in [7, 11) is 0. The quantitative estimate of drug-likeness (QED) is 0.885. The maximum atomic E-state index is 12.4. The van der Waals surface area contributed by atoms with Gasteiger partial charge in [-0.2, -0.15) is 5.10 Å². The standard InChI is InChI=1S/C19H27N3O/c1-13(2)10-11-20-19(23)18-15(4)21-22(16(18)5)12-17-8-6-14(3)7-9-17/h6-9,13H,10-12H2,1-5H3,(H,20,23). The minimum absolute atomic E-state index is 0.0178. The monoisotopic (exact) mass is 313 g/mol. The summed E-state index contributed by atoms with van der Waals surface area (Å²) in [4.78, 5) is 12.4. The summed E-state index contributed by atoms with van der Waals surface area (Å²) in [5, 5.41) is 7.55. The van der Waals surface area contributed by atoms with Crippen molar-refractivity contribution < 1.29 is 4.79 Å². The van der Waals surface area contributed by atoms with Crippen LogP contribution in [0.4, 0.5) is 0 Å². The molecule has 1 aromatic heterocycles. The highest BCUT2D eigenvalue weighted by molar-refractivity contribution is 5.96. The third-order valence-electron chi connectivity index (χ3n) is 4.07. The second kappa shape index (κ2) is 7.44. The molecule has 2 rings (SSSR count). The van der Waals surface area contributed by atoms with Crippen molar-refractivity contribution in [3.8, 4) is 0 Å². The molecule has 1 heterocycles. The van der Waals surface area contributed by atoms with Crippen molar-refractivity contribution in [1.82, 2.24) is 15.1 Å². The lowest BCUT2D eigenvalue weighted by molar-refractivity contribution is 0.0950. The largest absolute Gasteiger partial charge is 0.352 e. The zero-order valence-electron chi connectivity index (χ0n) is 14.8. The van der Waals surface area contributed by atoms with Crippen LogP contribution in [0.1, 0.15) is 53.1 Å². The number of carbonyl (C=O) groups excluding carboxylic acids is 1. The number of nitrogens with one attached hydrogen (secondary N) is 1. The van der Waals surface area contributed by atoms with Gasteiger partial charge in [-0.25, -0.2) is 0 Å². The maximum Gasteiger partial charge on any atom is 0.255 e. The third-order valence-corrected chi connectivity index (χ3v) is 4.07. The zero-order valence-corrected chi connectivity index (χ0v) is 14.8. The molecule has 2 aromatic rings. The Labute approximate surface area is 138 Å². The van der Waals surface area contributed by atoms with Gasteiger partial charge in [-0.15, -0.1) is 0 Å². The fourth-order valence-corrected chi connectivity index (χ4v) is 2.61. The Bertz CT molecular complexity index is 669. The molecular weight excluding hydrogens is 286 g/mol. The SMILES string of the molecule is Cc1ccc(Cn2nc(C)c(C(=O)NCCC(C)C)c2C)cc1. The van der Waals surface area contributed by atoms with Crippen LogP contribution in [0.15, 0.2) is 24.3 Å². The number of hydrogen-bond donors (Lipinski definition) is 1. The number of amides is 1. The molecule has 0 atom stereocenters. The molecule has 1 aromatic carbocycles. The Hall–Kier alpha value is -2.10. The van der Waals surface area contributed by atoms with Crippen molar-refractivity contribution in [3.05, 3.63) is 52.3 Å². The van der Waals surface area contributed by atoms with E-state index in [1.54, 1.807) is 0 Å². The Morgan fingerprint density at radius 1 is 1.17 bits per heavy atom. The Morgan fingerprint density at radius 3 is 2.43 bits per heavy atom. The molecule has 124 valence electrons. The minimum atomic E-state index is -0.0178. The van der Waals surface area contributed by atoms with Crippen LogP contribution in [0.2, 0.25) is 0 Å².